The Morgan fingerprint density at radius 2 is 1.70 bits per heavy atom. The van der Waals surface area contributed by atoms with Crippen LogP contribution in [0, 0.1) is 0 Å². The summed E-state index contributed by atoms with van der Waals surface area (Å²) in [6.45, 7) is 16.5. The van der Waals surface area contributed by atoms with Gasteiger partial charge in [-0.25, -0.2) is 0 Å². The van der Waals surface area contributed by atoms with E-state index >= 15 is 0 Å². The van der Waals surface area contributed by atoms with Crippen LogP contribution in [0.4, 0.5) is 0 Å². The van der Waals surface area contributed by atoms with E-state index in [2.05, 4.69) is 59.8 Å². The van der Waals surface area contributed by atoms with E-state index in [1.807, 2.05) is 18.2 Å². The van der Waals surface area contributed by atoms with Crippen molar-refractivity contribution >= 4 is 8.32 Å². The number of hydrogen-bond acceptors (Lipinski definition) is 3. The van der Waals surface area contributed by atoms with Crippen LogP contribution in [-0.2, 0) is 20.5 Å². The van der Waals surface area contributed by atoms with Crippen LogP contribution in [0.1, 0.15) is 46.6 Å². The Labute approximate surface area is 143 Å². The Bertz CT molecular complexity index is 440. The zero-order chi connectivity index (χ0) is 17.5. The van der Waals surface area contributed by atoms with Gasteiger partial charge in [0.15, 0.2) is 8.32 Å². The minimum Gasteiger partial charge on any atom is -0.411 e. The largest absolute Gasteiger partial charge is 0.411 e. The quantitative estimate of drug-likeness (QED) is 0.344. The van der Waals surface area contributed by atoms with E-state index in [1.165, 1.54) is 0 Å². The molecule has 0 aliphatic carbocycles. The molecule has 132 valence electrons. The first-order valence-corrected chi connectivity index (χ1v) is 11.5. The molecule has 4 heteroatoms. The van der Waals surface area contributed by atoms with Crippen molar-refractivity contribution in [3.63, 3.8) is 0 Å². The van der Waals surface area contributed by atoms with E-state index in [0.29, 0.717) is 13.4 Å². The van der Waals surface area contributed by atoms with Crippen LogP contribution in [-0.4, -0.2) is 27.3 Å². The lowest BCUT2D eigenvalue weighted by molar-refractivity contribution is -0.120. The summed E-state index contributed by atoms with van der Waals surface area (Å²) in [6, 6.07) is 10.1. The maximum Gasteiger partial charge on any atom is 0.192 e. The van der Waals surface area contributed by atoms with E-state index in [9.17, 15) is 0 Å². The summed E-state index contributed by atoms with van der Waals surface area (Å²) >= 11 is 0. The molecule has 0 bridgehead atoms. The van der Waals surface area contributed by atoms with Crippen LogP contribution in [0.2, 0.25) is 18.1 Å². The number of hydrogen-bond donors (Lipinski definition) is 0. The topological polar surface area (TPSA) is 27.7 Å². The van der Waals surface area contributed by atoms with Crippen LogP contribution in [0.3, 0.4) is 0 Å². The fraction of sp³-hybridized carbons (Fsp3) is 0.684. The van der Waals surface area contributed by atoms with Gasteiger partial charge in [-0.3, -0.25) is 0 Å². The van der Waals surface area contributed by atoms with Gasteiger partial charge in [0.1, 0.15) is 6.79 Å². The van der Waals surface area contributed by atoms with Crippen LogP contribution in [0.25, 0.3) is 0 Å². The molecule has 0 spiro atoms. The van der Waals surface area contributed by atoms with E-state index in [0.717, 1.165) is 12.0 Å². The molecule has 0 fully saturated rings. The molecule has 0 radical (unpaired) electrons. The predicted molar refractivity (Wildman–Crippen MR) is 99.0 cm³/mol. The van der Waals surface area contributed by atoms with E-state index in [-0.39, 0.29) is 17.2 Å². The molecule has 0 aliphatic rings. The summed E-state index contributed by atoms with van der Waals surface area (Å²) in [5.41, 5.74) is 1.16. The van der Waals surface area contributed by atoms with Gasteiger partial charge >= 0.3 is 0 Å². The van der Waals surface area contributed by atoms with Crippen molar-refractivity contribution < 1.29 is 13.9 Å². The van der Waals surface area contributed by atoms with Gasteiger partial charge < -0.3 is 13.9 Å². The number of ether oxygens (including phenoxy) is 2. The Balaban J connectivity index is 2.40. The highest BCUT2D eigenvalue weighted by atomic mass is 28.4. The highest BCUT2D eigenvalue weighted by Gasteiger charge is 2.39. The zero-order valence-electron chi connectivity index (χ0n) is 15.9. The van der Waals surface area contributed by atoms with Gasteiger partial charge in [-0.1, -0.05) is 58.0 Å². The SMILES string of the molecule is CC[C@@H](O[Si](C)(C)C(C)(C)C)[C@@H](C)OCOCc1ccccc1. The average molecular weight is 339 g/mol. The molecule has 0 saturated heterocycles. The molecule has 1 rings (SSSR count). The lowest BCUT2D eigenvalue weighted by Gasteiger charge is -2.40. The molecule has 0 N–H and O–H groups in total. The number of benzene rings is 1. The molecule has 0 saturated carbocycles. The van der Waals surface area contributed by atoms with Gasteiger partial charge in [-0.15, -0.1) is 0 Å². The summed E-state index contributed by atoms with van der Waals surface area (Å²) in [4.78, 5) is 0. The van der Waals surface area contributed by atoms with E-state index in [4.69, 9.17) is 13.9 Å². The molecular formula is C19H34O3Si. The second-order valence-electron chi connectivity index (χ2n) is 7.65. The molecule has 23 heavy (non-hydrogen) atoms. The Morgan fingerprint density at radius 1 is 1.09 bits per heavy atom. The molecule has 0 amide bonds. The summed E-state index contributed by atoms with van der Waals surface area (Å²) in [7, 11) is -1.77. The van der Waals surface area contributed by atoms with Crippen molar-refractivity contribution in [3.05, 3.63) is 35.9 Å². The molecule has 1 aromatic carbocycles. The summed E-state index contributed by atoms with van der Waals surface area (Å²) in [5.74, 6) is 0. The standard InChI is InChI=1S/C19H34O3Si/c1-8-18(22-23(6,7)19(3,4)5)16(2)21-15-20-14-17-12-10-9-11-13-17/h9-13,16,18H,8,14-15H2,1-7H3/t16-,18-/m1/s1. The second kappa shape index (κ2) is 8.97. The predicted octanol–water partition coefficient (Wildman–Crippen LogP) is 5.37. The third-order valence-electron chi connectivity index (χ3n) is 4.70. The summed E-state index contributed by atoms with van der Waals surface area (Å²) < 4.78 is 18.0. The molecular weight excluding hydrogens is 304 g/mol. The maximum absolute atomic E-state index is 6.49. The second-order valence-corrected chi connectivity index (χ2v) is 12.4. The zero-order valence-corrected chi connectivity index (χ0v) is 16.9. The lowest BCUT2D eigenvalue weighted by Crippen LogP contribution is -2.47. The molecule has 0 heterocycles. The van der Waals surface area contributed by atoms with Crippen molar-refractivity contribution in [2.24, 2.45) is 0 Å². The first-order chi connectivity index (χ1) is 10.7. The van der Waals surface area contributed by atoms with Crippen molar-refractivity contribution in [2.45, 2.75) is 78.0 Å². The van der Waals surface area contributed by atoms with E-state index in [1.54, 1.807) is 0 Å². The molecule has 0 aliphatic heterocycles. The molecule has 0 aromatic heterocycles. The highest BCUT2D eigenvalue weighted by Crippen LogP contribution is 2.38. The van der Waals surface area contributed by atoms with Crippen molar-refractivity contribution in [1.29, 1.82) is 0 Å². The normalized spacial score (nSPS) is 15.4. The summed E-state index contributed by atoms with van der Waals surface area (Å²) in [6.07, 6.45) is 1.10. The molecule has 1 aromatic rings. The van der Waals surface area contributed by atoms with Crippen LogP contribution in [0.5, 0.6) is 0 Å². The lowest BCUT2D eigenvalue weighted by atomic mass is 10.2. The van der Waals surface area contributed by atoms with Crippen molar-refractivity contribution in [1.82, 2.24) is 0 Å². The van der Waals surface area contributed by atoms with Gasteiger partial charge in [-0.05, 0) is 37.0 Å². The third kappa shape index (κ3) is 6.75. The highest BCUT2D eigenvalue weighted by molar-refractivity contribution is 6.74. The van der Waals surface area contributed by atoms with Crippen molar-refractivity contribution in [2.75, 3.05) is 6.79 Å². The Kier molecular flexibility index (Phi) is 7.94. The van der Waals surface area contributed by atoms with Crippen molar-refractivity contribution in [3.8, 4) is 0 Å². The summed E-state index contributed by atoms with van der Waals surface area (Å²) in [5, 5.41) is 0.212. The fourth-order valence-electron chi connectivity index (χ4n) is 2.06. The van der Waals surface area contributed by atoms with Gasteiger partial charge in [0.2, 0.25) is 0 Å². The van der Waals surface area contributed by atoms with Gasteiger partial charge in [-0.2, -0.15) is 0 Å². The van der Waals surface area contributed by atoms with Crippen LogP contribution < -0.4 is 0 Å². The third-order valence-corrected chi connectivity index (χ3v) is 9.21. The Morgan fingerprint density at radius 3 is 2.22 bits per heavy atom. The maximum atomic E-state index is 6.49. The van der Waals surface area contributed by atoms with E-state index < -0.39 is 8.32 Å². The van der Waals surface area contributed by atoms with Gasteiger partial charge in [0.05, 0.1) is 18.8 Å². The molecule has 2 atom stereocenters. The Hall–Kier alpha value is -0.683. The number of rotatable bonds is 9. The first-order valence-electron chi connectivity index (χ1n) is 8.58. The molecule has 3 nitrogen and oxygen atoms in total. The average Bonchev–Trinajstić information content (AvgIpc) is 2.49. The monoisotopic (exact) mass is 338 g/mol. The van der Waals surface area contributed by atoms with Gasteiger partial charge in [0, 0.05) is 0 Å². The first kappa shape index (κ1) is 20.4. The molecule has 0 unspecified atom stereocenters. The van der Waals surface area contributed by atoms with Crippen LogP contribution >= 0.6 is 0 Å². The minimum absolute atomic E-state index is 0.0323. The van der Waals surface area contributed by atoms with Gasteiger partial charge in [0.25, 0.3) is 0 Å². The minimum atomic E-state index is -1.77. The fourth-order valence-corrected chi connectivity index (χ4v) is 3.53. The smallest absolute Gasteiger partial charge is 0.192 e. The van der Waals surface area contributed by atoms with Crippen LogP contribution in [0.15, 0.2) is 30.3 Å².